The first-order valence-electron chi connectivity index (χ1n) is 8.46. The van der Waals surface area contributed by atoms with E-state index < -0.39 is 0 Å². The SMILES string of the molecule is O=C(c1ccc(NC2CC2)nc1)N1CCN(c2ccncc2)CC1. The quantitative estimate of drug-likeness (QED) is 0.933. The molecule has 6 nitrogen and oxygen atoms in total. The van der Waals surface area contributed by atoms with Gasteiger partial charge in [-0.3, -0.25) is 9.78 Å². The lowest BCUT2D eigenvalue weighted by Gasteiger charge is -2.36. The highest BCUT2D eigenvalue weighted by Crippen LogP contribution is 2.23. The van der Waals surface area contributed by atoms with E-state index >= 15 is 0 Å². The fourth-order valence-electron chi connectivity index (χ4n) is 2.95. The molecule has 0 bridgehead atoms. The van der Waals surface area contributed by atoms with Crippen molar-refractivity contribution in [2.75, 3.05) is 36.4 Å². The maximum absolute atomic E-state index is 12.6. The number of amides is 1. The van der Waals surface area contributed by atoms with Crippen LogP contribution in [0.1, 0.15) is 23.2 Å². The number of pyridine rings is 2. The van der Waals surface area contributed by atoms with Crippen molar-refractivity contribution in [3.05, 3.63) is 48.4 Å². The van der Waals surface area contributed by atoms with E-state index in [0.717, 1.165) is 37.7 Å². The smallest absolute Gasteiger partial charge is 0.255 e. The third-order valence-electron chi connectivity index (χ3n) is 4.53. The van der Waals surface area contributed by atoms with E-state index in [1.807, 2.05) is 29.2 Å². The number of carbonyl (C=O) groups is 1. The number of hydrogen-bond donors (Lipinski definition) is 1. The Hall–Kier alpha value is -2.63. The Balaban J connectivity index is 1.35. The van der Waals surface area contributed by atoms with Gasteiger partial charge in [-0.2, -0.15) is 0 Å². The van der Waals surface area contributed by atoms with E-state index in [1.54, 1.807) is 18.6 Å². The minimum atomic E-state index is 0.0647. The zero-order valence-electron chi connectivity index (χ0n) is 13.6. The molecule has 124 valence electrons. The summed E-state index contributed by atoms with van der Waals surface area (Å²) in [4.78, 5) is 25.2. The largest absolute Gasteiger partial charge is 0.368 e. The zero-order valence-corrected chi connectivity index (χ0v) is 13.6. The molecule has 6 heteroatoms. The number of carbonyl (C=O) groups excluding carboxylic acids is 1. The van der Waals surface area contributed by atoms with E-state index in [2.05, 4.69) is 20.2 Å². The minimum absolute atomic E-state index is 0.0647. The van der Waals surface area contributed by atoms with Crippen LogP contribution in [0, 0.1) is 0 Å². The van der Waals surface area contributed by atoms with Gasteiger partial charge in [0.25, 0.3) is 5.91 Å². The van der Waals surface area contributed by atoms with Crippen molar-refractivity contribution >= 4 is 17.4 Å². The summed E-state index contributed by atoms with van der Waals surface area (Å²) in [5, 5.41) is 3.34. The van der Waals surface area contributed by atoms with Crippen molar-refractivity contribution in [2.24, 2.45) is 0 Å². The third kappa shape index (κ3) is 3.32. The molecule has 4 rings (SSSR count). The number of nitrogens with zero attached hydrogens (tertiary/aromatic N) is 4. The van der Waals surface area contributed by atoms with Crippen LogP contribution in [-0.4, -0.2) is 53.0 Å². The standard InChI is InChI=1S/C18H21N5O/c24-18(14-1-4-17(20-13-14)21-15-2-3-15)23-11-9-22(10-12-23)16-5-7-19-8-6-16/h1,4-8,13,15H,2-3,9-12H2,(H,20,21). The lowest BCUT2D eigenvalue weighted by atomic mass is 10.2. The summed E-state index contributed by atoms with van der Waals surface area (Å²) in [6.45, 7) is 3.13. The van der Waals surface area contributed by atoms with E-state index in [1.165, 1.54) is 12.8 Å². The van der Waals surface area contributed by atoms with Crippen LogP contribution in [0.3, 0.4) is 0 Å². The summed E-state index contributed by atoms with van der Waals surface area (Å²) in [6, 6.07) is 8.36. The van der Waals surface area contributed by atoms with Crippen molar-refractivity contribution < 1.29 is 4.79 Å². The summed E-state index contributed by atoms with van der Waals surface area (Å²) in [5.41, 5.74) is 1.82. The number of hydrogen-bond acceptors (Lipinski definition) is 5. The Bertz CT molecular complexity index is 691. The van der Waals surface area contributed by atoms with Crippen LogP contribution >= 0.6 is 0 Å². The molecule has 3 heterocycles. The van der Waals surface area contributed by atoms with Crippen LogP contribution < -0.4 is 10.2 Å². The zero-order chi connectivity index (χ0) is 16.4. The summed E-state index contributed by atoms with van der Waals surface area (Å²) in [7, 11) is 0. The fraction of sp³-hybridized carbons (Fsp3) is 0.389. The maximum atomic E-state index is 12.6. The average molecular weight is 323 g/mol. The van der Waals surface area contributed by atoms with Gasteiger partial charge in [0.05, 0.1) is 5.56 Å². The Morgan fingerprint density at radius 1 is 1.04 bits per heavy atom. The van der Waals surface area contributed by atoms with Crippen LogP contribution in [-0.2, 0) is 0 Å². The molecule has 0 radical (unpaired) electrons. The topological polar surface area (TPSA) is 61.4 Å². The van der Waals surface area contributed by atoms with Gasteiger partial charge in [-0.05, 0) is 37.1 Å². The van der Waals surface area contributed by atoms with Gasteiger partial charge in [0, 0.05) is 56.5 Å². The van der Waals surface area contributed by atoms with Crippen molar-refractivity contribution in [2.45, 2.75) is 18.9 Å². The molecule has 0 spiro atoms. The predicted octanol–water partition coefficient (Wildman–Crippen LogP) is 2.01. The van der Waals surface area contributed by atoms with Gasteiger partial charge >= 0.3 is 0 Å². The molecule has 1 saturated heterocycles. The molecule has 2 fully saturated rings. The van der Waals surface area contributed by atoms with E-state index in [4.69, 9.17) is 0 Å². The summed E-state index contributed by atoms with van der Waals surface area (Å²) < 4.78 is 0. The molecule has 1 aliphatic carbocycles. The van der Waals surface area contributed by atoms with Gasteiger partial charge in [-0.1, -0.05) is 0 Å². The molecule has 1 amide bonds. The molecule has 24 heavy (non-hydrogen) atoms. The molecule has 2 aromatic rings. The van der Waals surface area contributed by atoms with Gasteiger partial charge in [-0.25, -0.2) is 4.98 Å². The second-order valence-electron chi connectivity index (χ2n) is 6.34. The molecule has 0 aromatic carbocycles. The van der Waals surface area contributed by atoms with Gasteiger partial charge < -0.3 is 15.1 Å². The highest BCUT2D eigenvalue weighted by Gasteiger charge is 2.23. The molecular formula is C18H21N5O. The number of nitrogens with one attached hydrogen (secondary N) is 1. The van der Waals surface area contributed by atoms with E-state index in [0.29, 0.717) is 11.6 Å². The fourth-order valence-corrected chi connectivity index (χ4v) is 2.95. The molecule has 1 saturated carbocycles. The van der Waals surface area contributed by atoms with Gasteiger partial charge in [-0.15, -0.1) is 0 Å². The number of piperazine rings is 1. The van der Waals surface area contributed by atoms with Crippen LogP contribution in [0.2, 0.25) is 0 Å². The monoisotopic (exact) mass is 323 g/mol. The molecule has 1 aliphatic heterocycles. The third-order valence-corrected chi connectivity index (χ3v) is 4.53. The molecular weight excluding hydrogens is 302 g/mol. The van der Waals surface area contributed by atoms with Crippen LogP contribution in [0.25, 0.3) is 0 Å². The van der Waals surface area contributed by atoms with Crippen molar-refractivity contribution in [1.82, 2.24) is 14.9 Å². The lowest BCUT2D eigenvalue weighted by Crippen LogP contribution is -2.48. The van der Waals surface area contributed by atoms with Crippen LogP contribution in [0.4, 0.5) is 11.5 Å². The maximum Gasteiger partial charge on any atom is 0.255 e. The van der Waals surface area contributed by atoms with E-state index in [-0.39, 0.29) is 5.91 Å². The van der Waals surface area contributed by atoms with Gasteiger partial charge in [0.1, 0.15) is 5.82 Å². The Morgan fingerprint density at radius 2 is 1.79 bits per heavy atom. The first-order chi connectivity index (χ1) is 11.8. The Morgan fingerprint density at radius 3 is 2.42 bits per heavy atom. The normalized spacial score (nSPS) is 17.7. The Kier molecular flexibility index (Phi) is 4.02. The predicted molar refractivity (Wildman–Crippen MR) is 93.2 cm³/mol. The first-order valence-corrected chi connectivity index (χ1v) is 8.46. The molecule has 0 atom stereocenters. The van der Waals surface area contributed by atoms with Crippen molar-refractivity contribution in [1.29, 1.82) is 0 Å². The molecule has 0 unspecified atom stereocenters. The molecule has 2 aliphatic rings. The minimum Gasteiger partial charge on any atom is -0.368 e. The number of rotatable bonds is 4. The highest BCUT2D eigenvalue weighted by atomic mass is 16.2. The average Bonchev–Trinajstić information content (AvgIpc) is 3.47. The lowest BCUT2D eigenvalue weighted by molar-refractivity contribution is 0.0746. The summed E-state index contributed by atoms with van der Waals surface area (Å²) in [5.74, 6) is 0.923. The highest BCUT2D eigenvalue weighted by molar-refractivity contribution is 5.94. The summed E-state index contributed by atoms with van der Waals surface area (Å²) in [6.07, 6.45) is 7.71. The summed E-state index contributed by atoms with van der Waals surface area (Å²) >= 11 is 0. The van der Waals surface area contributed by atoms with Crippen molar-refractivity contribution in [3.63, 3.8) is 0 Å². The van der Waals surface area contributed by atoms with Gasteiger partial charge in [0.2, 0.25) is 0 Å². The van der Waals surface area contributed by atoms with Crippen molar-refractivity contribution in [3.8, 4) is 0 Å². The second kappa shape index (κ2) is 6.47. The number of aromatic nitrogens is 2. The van der Waals surface area contributed by atoms with E-state index in [9.17, 15) is 4.79 Å². The number of anilines is 2. The second-order valence-corrected chi connectivity index (χ2v) is 6.34. The van der Waals surface area contributed by atoms with Crippen LogP contribution in [0.15, 0.2) is 42.9 Å². The van der Waals surface area contributed by atoms with Crippen LogP contribution in [0.5, 0.6) is 0 Å². The first kappa shape index (κ1) is 14.9. The molecule has 1 N–H and O–H groups in total. The Labute approximate surface area is 141 Å². The molecule has 2 aromatic heterocycles. The van der Waals surface area contributed by atoms with Gasteiger partial charge in [0.15, 0.2) is 0 Å².